The van der Waals surface area contributed by atoms with Gasteiger partial charge in [0.2, 0.25) is 0 Å². The van der Waals surface area contributed by atoms with E-state index in [4.69, 9.17) is 15.6 Å². The lowest BCUT2D eigenvalue weighted by Crippen LogP contribution is -2.32. The lowest BCUT2D eigenvalue weighted by Gasteiger charge is -2.22. The van der Waals surface area contributed by atoms with Crippen LogP contribution in [0.25, 0.3) is 0 Å². The van der Waals surface area contributed by atoms with Crippen molar-refractivity contribution < 1.29 is 20.2 Å². The molecule has 1 saturated heterocycles. The third kappa shape index (κ3) is 3.23. The maximum absolute atomic E-state index is 12.0. The highest BCUT2D eigenvalue weighted by Crippen LogP contribution is 2.24. The van der Waals surface area contributed by atoms with Crippen molar-refractivity contribution in [3.63, 3.8) is 0 Å². The fourth-order valence-corrected chi connectivity index (χ4v) is 2.08. The summed E-state index contributed by atoms with van der Waals surface area (Å²) in [5, 5.41) is 31.5. The SMILES string of the molecule is N[C@H](CO)[C@H](O)c1ccc(N([O])C2CCCO2)cc1. The van der Waals surface area contributed by atoms with Gasteiger partial charge in [-0.05, 0) is 30.5 Å². The van der Waals surface area contributed by atoms with E-state index in [1.54, 1.807) is 24.3 Å². The summed E-state index contributed by atoms with van der Waals surface area (Å²) in [6.07, 6.45) is 0.256. The first-order valence-electron chi connectivity index (χ1n) is 6.36. The van der Waals surface area contributed by atoms with Crippen LogP contribution in [-0.4, -0.2) is 35.7 Å². The predicted octanol–water partition coefficient (Wildman–Crippen LogP) is 0.328. The summed E-state index contributed by atoms with van der Waals surface area (Å²) in [4.78, 5) is 0. The molecule has 0 saturated carbocycles. The van der Waals surface area contributed by atoms with Gasteiger partial charge in [-0.2, -0.15) is 5.06 Å². The smallest absolute Gasteiger partial charge is 0.157 e. The zero-order valence-electron chi connectivity index (χ0n) is 10.6. The highest BCUT2D eigenvalue weighted by atomic mass is 16.6. The van der Waals surface area contributed by atoms with Gasteiger partial charge in [-0.25, -0.2) is 0 Å². The standard InChI is InChI=1S/C13H19N2O4/c14-11(8-16)13(17)9-3-5-10(6-4-9)15(18)12-2-1-7-19-12/h3-6,11-13,16-17H,1-2,7-8,14H2/t11-,12?,13-/m1/s1. The van der Waals surface area contributed by atoms with E-state index < -0.39 is 18.4 Å². The van der Waals surface area contributed by atoms with Crippen LogP contribution in [-0.2, 0) is 9.94 Å². The number of nitrogens with zero attached hydrogens (tertiary/aromatic N) is 1. The first kappa shape index (κ1) is 14.2. The van der Waals surface area contributed by atoms with E-state index in [-0.39, 0.29) is 6.61 Å². The molecule has 0 aliphatic carbocycles. The van der Waals surface area contributed by atoms with Gasteiger partial charge in [0.15, 0.2) is 6.23 Å². The third-order valence-corrected chi connectivity index (χ3v) is 3.27. The molecule has 1 fully saturated rings. The van der Waals surface area contributed by atoms with Crippen molar-refractivity contribution in [2.75, 3.05) is 18.3 Å². The summed E-state index contributed by atoms with van der Waals surface area (Å²) in [5.74, 6) is 0. The minimum Gasteiger partial charge on any atom is -0.395 e. The fourth-order valence-electron chi connectivity index (χ4n) is 2.08. The molecule has 0 amide bonds. The molecule has 0 bridgehead atoms. The van der Waals surface area contributed by atoms with Crippen molar-refractivity contribution in [1.82, 2.24) is 0 Å². The minimum atomic E-state index is -0.943. The van der Waals surface area contributed by atoms with Crippen LogP contribution >= 0.6 is 0 Å². The maximum atomic E-state index is 12.0. The second-order valence-corrected chi connectivity index (χ2v) is 4.68. The Morgan fingerprint density at radius 1 is 1.42 bits per heavy atom. The minimum absolute atomic E-state index is 0.299. The normalized spacial score (nSPS) is 22.2. The monoisotopic (exact) mass is 267 g/mol. The molecule has 6 heteroatoms. The number of ether oxygens (including phenoxy) is 1. The molecule has 1 aliphatic heterocycles. The molecule has 1 aliphatic rings. The summed E-state index contributed by atoms with van der Waals surface area (Å²) in [6.45, 7) is 0.318. The van der Waals surface area contributed by atoms with Gasteiger partial charge in [-0.15, -0.1) is 0 Å². The van der Waals surface area contributed by atoms with Gasteiger partial charge in [-0.3, -0.25) is 0 Å². The van der Waals surface area contributed by atoms with Gasteiger partial charge in [-0.1, -0.05) is 17.3 Å². The molecule has 1 aromatic rings. The first-order valence-corrected chi connectivity index (χ1v) is 6.36. The van der Waals surface area contributed by atoms with Crippen molar-refractivity contribution in [2.45, 2.75) is 31.2 Å². The van der Waals surface area contributed by atoms with Crippen molar-refractivity contribution in [3.8, 4) is 0 Å². The number of hydrogen-bond donors (Lipinski definition) is 3. The lowest BCUT2D eigenvalue weighted by atomic mass is 10.0. The average Bonchev–Trinajstić information content (AvgIpc) is 2.99. The second kappa shape index (κ2) is 6.31. The van der Waals surface area contributed by atoms with E-state index in [9.17, 15) is 10.3 Å². The van der Waals surface area contributed by atoms with Crippen molar-refractivity contribution >= 4 is 5.69 Å². The zero-order valence-corrected chi connectivity index (χ0v) is 10.6. The van der Waals surface area contributed by atoms with E-state index in [2.05, 4.69) is 0 Å². The molecule has 19 heavy (non-hydrogen) atoms. The van der Waals surface area contributed by atoms with Crippen LogP contribution in [0.5, 0.6) is 0 Å². The Morgan fingerprint density at radius 2 is 2.11 bits per heavy atom. The van der Waals surface area contributed by atoms with E-state index >= 15 is 0 Å². The Bertz CT molecular complexity index is 392. The van der Waals surface area contributed by atoms with Gasteiger partial charge in [0.05, 0.1) is 24.4 Å². The van der Waals surface area contributed by atoms with E-state index in [1.165, 1.54) is 0 Å². The molecule has 6 nitrogen and oxygen atoms in total. The number of anilines is 1. The first-order chi connectivity index (χ1) is 9.13. The number of hydroxylamine groups is 1. The van der Waals surface area contributed by atoms with Crippen molar-refractivity contribution in [2.24, 2.45) is 5.73 Å². The van der Waals surface area contributed by atoms with Crippen LogP contribution in [0.3, 0.4) is 0 Å². The molecule has 3 atom stereocenters. The Kier molecular flexibility index (Phi) is 4.73. The number of benzene rings is 1. The number of aliphatic hydroxyl groups excluding tert-OH is 2. The number of aliphatic hydroxyl groups is 2. The summed E-state index contributed by atoms with van der Waals surface area (Å²) < 4.78 is 5.31. The molecule has 1 radical (unpaired) electrons. The van der Waals surface area contributed by atoms with Gasteiger partial charge < -0.3 is 20.7 Å². The largest absolute Gasteiger partial charge is 0.395 e. The molecule has 105 valence electrons. The number of hydrogen-bond acceptors (Lipinski definition) is 5. The summed E-state index contributed by atoms with van der Waals surface area (Å²) >= 11 is 0. The zero-order chi connectivity index (χ0) is 13.8. The highest BCUT2D eigenvalue weighted by Gasteiger charge is 2.24. The van der Waals surface area contributed by atoms with Crippen molar-refractivity contribution in [1.29, 1.82) is 0 Å². The number of rotatable bonds is 5. The highest BCUT2D eigenvalue weighted by molar-refractivity contribution is 5.46. The molecular formula is C13H19N2O4. The summed E-state index contributed by atoms with van der Waals surface area (Å²) in [7, 11) is 0. The Hall–Kier alpha value is -1.18. The Balaban J connectivity index is 2.05. The third-order valence-electron chi connectivity index (χ3n) is 3.27. The van der Waals surface area contributed by atoms with Crippen molar-refractivity contribution in [3.05, 3.63) is 29.8 Å². The van der Waals surface area contributed by atoms with Crippen LogP contribution in [0.1, 0.15) is 24.5 Å². The molecule has 1 unspecified atom stereocenters. The lowest BCUT2D eigenvalue weighted by molar-refractivity contribution is 0.00376. The fraction of sp³-hybridized carbons (Fsp3) is 0.538. The van der Waals surface area contributed by atoms with Gasteiger partial charge in [0.25, 0.3) is 0 Å². The van der Waals surface area contributed by atoms with E-state index in [0.29, 0.717) is 17.9 Å². The molecule has 1 heterocycles. The molecule has 4 N–H and O–H groups in total. The molecule has 1 aromatic carbocycles. The summed E-state index contributed by atoms with van der Waals surface area (Å²) in [5.41, 5.74) is 6.62. The predicted molar refractivity (Wildman–Crippen MR) is 68.6 cm³/mol. The number of nitrogens with two attached hydrogens (primary N) is 1. The topological polar surface area (TPSA) is 98.9 Å². The van der Waals surface area contributed by atoms with Gasteiger partial charge in [0, 0.05) is 6.61 Å². The van der Waals surface area contributed by atoms with Gasteiger partial charge in [0.1, 0.15) is 0 Å². The Labute approximate surface area is 112 Å². The molecule has 2 rings (SSSR count). The van der Waals surface area contributed by atoms with Crippen LogP contribution in [0, 0.1) is 0 Å². The molecule has 0 spiro atoms. The average molecular weight is 267 g/mol. The quantitative estimate of drug-likeness (QED) is 0.668. The van der Waals surface area contributed by atoms with E-state index in [1.807, 2.05) is 0 Å². The van der Waals surface area contributed by atoms with Crippen LogP contribution in [0.2, 0.25) is 0 Å². The van der Waals surface area contributed by atoms with Crippen LogP contribution < -0.4 is 10.8 Å². The van der Waals surface area contributed by atoms with Gasteiger partial charge >= 0.3 is 0 Å². The summed E-state index contributed by atoms with van der Waals surface area (Å²) in [6, 6.07) is 5.78. The second-order valence-electron chi connectivity index (χ2n) is 4.68. The molecular weight excluding hydrogens is 248 g/mol. The van der Waals surface area contributed by atoms with Crippen LogP contribution in [0.4, 0.5) is 5.69 Å². The molecule has 0 aromatic heterocycles. The van der Waals surface area contributed by atoms with Crippen LogP contribution in [0.15, 0.2) is 24.3 Å². The maximum Gasteiger partial charge on any atom is 0.157 e. The van der Waals surface area contributed by atoms with E-state index in [0.717, 1.165) is 17.9 Å². The Morgan fingerprint density at radius 3 is 2.63 bits per heavy atom.